The van der Waals surface area contributed by atoms with Gasteiger partial charge < -0.3 is 9.26 Å². The maximum absolute atomic E-state index is 12.1. The first-order chi connectivity index (χ1) is 8.37. The summed E-state index contributed by atoms with van der Waals surface area (Å²) in [5.41, 5.74) is -1.02. The lowest BCUT2D eigenvalue weighted by Crippen LogP contribution is -2.23. The maximum atomic E-state index is 12.1. The molecule has 2 rings (SSSR count). The number of ether oxygens (including phenoxy) is 1. The highest BCUT2D eigenvalue weighted by Crippen LogP contribution is 2.48. The highest BCUT2D eigenvalue weighted by Gasteiger charge is 2.57. The Morgan fingerprint density at radius 3 is 2.67 bits per heavy atom. The molecule has 1 saturated carbocycles. The van der Waals surface area contributed by atoms with E-state index in [4.69, 9.17) is 9.26 Å². The quantitative estimate of drug-likeness (QED) is 0.775. The third-order valence-electron chi connectivity index (χ3n) is 2.65. The number of esters is 1. The average molecular weight is 264 g/mol. The molecule has 0 radical (unpaired) electrons. The van der Waals surface area contributed by atoms with Crippen molar-refractivity contribution in [2.75, 3.05) is 6.61 Å². The Labute approximate surface area is 100 Å². The Morgan fingerprint density at radius 1 is 1.50 bits per heavy atom. The van der Waals surface area contributed by atoms with Crippen LogP contribution in [0, 0.1) is 0 Å². The van der Waals surface area contributed by atoms with Crippen LogP contribution in [0.15, 0.2) is 4.52 Å². The standard InChI is InChI=1S/C10H11F3N2O3/c1-2-17-8(16)9(3-4-9)7-14-6(15-18-7)5-10(11,12)13/h2-5H2,1H3. The summed E-state index contributed by atoms with van der Waals surface area (Å²) < 4.78 is 46.0. The molecule has 0 aromatic carbocycles. The van der Waals surface area contributed by atoms with E-state index in [-0.39, 0.29) is 12.5 Å². The molecule has 0 spiro atoms. The van der Waals surface area contributed by atoms with Crippen LogP contribution >= 0.6 is 0 Å². The summed E-state index contributed by atoms with van der Waals surface area (Å²) in [5, 5.41) is 3.24. The van der Waals surface area contributed by atoms with Crippen molar-refractivity contribution < 1.29 is 27.2 Å². The summed E-state index contributed by atoms with van der Waals surface area (Å²) in [5.74, 6) is -1.07. The van der Waals surface area contributed by atoms with Crippen molar-refractivity contribution in [3.8, 4) is 0 Å². The molecule has 1 aromatic rings. The summed E-state index contributed by atoms with van der Waals surface area (Å²) >= 11 is 0. The summed E-state index contributed by atoms with van der Waals surface area (Å²) in [6.07, 6.45) is -4.75. The molecule has 0 bridgehead atoms. The van der Waals surface area contributed by atoms with Gasteiger partial charge in [-0.3, -0.25) is 4.79 Å². The van der Waals surface area contributed by atoms with E-state index in [1.165, 1.54) is 0 Å². The van der Waals surface area contributed by atoms with Crippen LogP contribution in [0.1, 0.15) is 31.5 Å². The molecule has 1 aromatic heterocycles. The van der Waals surface area contributed by atoms with Gasteiger partial charge in [-0.25, -0.2) is 0 Å². The summed E-state index contributed by atoms with van der Waals surface area (Å²) in [4.78, 5) is 15.3. The van der Waals surface area contributed by atoms with E-state index in [2.05, 4.69) is 10.1 Å². The Bertz CT molecular complexity index is 451. The topological polar surface area (TPSA) is 65.2 Å². The number of hydrogen-bond donors (Lipinski definition) is 0. The molecule has 0 atom stereocenters. The van der Waals surface area contributed by atoms with Crippen LogP contribution in [0.4, 0.5) is 13.2 Å². The van der Waals surface area contributed by atoms with Crippen molar-refractivity contribution >= 4 is 5.97 Å². The van der Waals surface area contributed by atoms with Gasteiger partial charge in [0.2, 0.25) is 5.89 Å². The van der Waals surface area contributed by atoms with Gasteiger partial charge in [0.1, 0.15) is 11.8 Å². The van der Waals surface area contributed by atoms with Crippen molar-refractivity contribution in [1.29, 1.82) is 0 Å². The molecule has 18 heavy (non-hydrogen) atoms. The lowest BCUT2D eigenvalue weighted by molar-refractivity contribution is -0.147. The van der Waals surface area contributed by atoms with Crippen LogP contribution in [-0.2, 0) is 21.4 Å². The molecule has 100 valence electrons. The zero-order valence-electron chi connectivity index (χ0n) is 9.58. The van der Waals surface area contributed by atoms with E-state index in [1.807, 2.05) is 0 Å². The number of carbonyl (C=O) groups excluding carboxylic acids is 1. The van der Waals surface area contributed by atoms with Crippen LogP contribution in [0.5, 0.6) is 0 Å². The van der Waals surface area contributed by atoms with E-state index in [9.17, 15) is 18.0 Å². The molecule has 1 heterocycles. The van der Waals surface area contributed by atoms with Crippen molar-refractivity contribution in [2.45, 2.75) is 37.8 Å². The zero-order chi connectivity index (χ0) is 13.4. The second-order valence-electron chi connectivity index (χ2n) is 4.11. The van der Waals surface area contributed by atoms with Crippen LogP contribution in [0.25, 0.3) is 0 Å². The molecule has 0 unspecified atom stereocenters. The molecule has 0 saturated heterocycles. The Kier molecular flexibility index (Phi) is 3.04. The van der Waals surface area contributed by atoms with Crippen LogP contribution in [0.2, 0.25) is 0 Å². The number of nitrogens with zero attached hydrogens (tertiary/aromatic N) is 2. The molecular formula is C10H11F3N2O3. The van der Waals surface area contributed by atoms with E-state index in [1.54, 1.807) is 6.92 Å². The maximum Gasteiger partial charge on any atom is 0.396 e. The largest absolute Gasteiger partial charge is 0.465 e. The van der Waals surface area contributed by atoms with Gasteiger partial charge in [0, 0.05) is 0 Å². The van der Waals surface area contributed by atoms with Gasteiger partial charge in [0.15, 0.2) is 5.82 Å². The molecule has 0 amide bonds. The molecule has 0 aliphatic heterocycles. The van der Waals surface area contributed by atoms with Crippen molar-refractivity contribution in [3.63, 3.8) is 0 Å². The normalized spacial score (nSPS) is 17.6. The fourth-order valence-corrected chi connectivity index (χ4v) is 1.60. The molecule has 0 N–H and O–H groups in total. The summed E-state index contributed by atoms with van der Waals surface area (Å²) in [7, 11) is 0. The molecule has 8 heteroatoms. The van der Waals surface area contributed by atoms with Gasteiger partial charge in [0.25, 0.3) is 0 Å². The van der Waals surface area contributed by atoms with Gasteiger partial charge in [-0.15, -0.1) is 0 Å². The van der Waals surface area contributed by atoms with E-state index < -0.39 is 29.8 Å². The van der Waals surface area contributed by atoms with E-state index in [0.717, 1.165) is 0 Å². The Hall–Kier alpha value is -1.60. The van der Waals surface area contributed by atoms with Gasteiger partial charge in [-0.05, 0) is 19.8 Å². The predicted molar refractivity (Wildman–Crippen MR) is 51.6 cm³/mol. The van der Waals surface area contributed by atoms with E-state index >= 15 is 0 Å². The second kappa shape index (κ2) is 4.25. The van der Waals surface area contributed by atoms with Gasteiger partial charge in [-0.1, -0.05) is 5.16 Å². The van der Waals surface area contributed by atoms with E-state index in [0.29, 0.717) is 12.8 Å². The number of hydrogen-bond acceptors (Lipinski definition) is 5. The van der Waals surface area contributed by atoms with Crippen LogP contribution in [-0.4, -0.2) is 28.9 Å². The minimum absolute atomic E-state index is 0.0831. The van der Waals surface area contributed by atoms with Crippen molar-refractivity contribution in [3.05, 3.63) is 11.7 Å². The minimum atomic E-state index is -4.40. The molecule has 1 fully saturated rings. The van der Waals surface area contributed by atoms with Crippen LogP contribution < -0.4 is 0 Å². The molecular weight excluding hydrogens is 253 g/mol. The minimum Gasteiger partial charge on any atom is -0.465 e. The molecule has 5 nitrogen and oxygen atoms in total. The van der Waals surface area contributed by atoms with Gasteiger partial charge in [0.05, 0.1) is 6.61 Å². The second-order valence-corrected chi connectivity index (χ2v) is 4.11. The third kappa shape index (κ3) is 2.46. The number of alkyl halides is 3. The SMILES string of the molecule is CCOC(=O)C1(c2nc(CC(F)(F)F)no2)CC1. The van der Waals surface area contributed by atoms with Crippen molar-refractivity contribution in [1.82, 2.24) is 10.1 Å². The fourth-order valence-electron chi connectivity index (χ4n) is 1.60. The highest BCUT2D eigenvalue weighted by atomic mass is 19.4. The first kappa shape index (κ1) is 12.8. The van der Waals surface area contributed by atoms with Gasteiger partial charge in [-0.2, -0.15) is 18.2 Å². The number of rotatable bonds is 4. The lowest BCUT2D eigenvalue weighted by atomic mass is 10.1. The Morgan fingerprint density at radius 2 is 2.17 bits per heavy atom. The lowest BCUT2D eigenvalue weighted by Gasteiger charge is -2.08. The molecule has 1 aliphatic carbocycles. The Balaban J connectivity index is 2.13. The average Bonchev–Trinajstić information content (AvgIpc) is 2.94. The van der Waals surface area contributed by atoms with Gasteiger partial charge >= 0.3 is 12.1 Å². The number of aromatic nitrogens is 2. The first-order valence-electron chi connectivity index (χ1n) is 5.44. The molecule has 1 aliphatic rings. The first-order valence-corrected chi connectivity index (χ1v) is 5.44. The monoisotopic (exact) mass is 264 g/mol. The third-order valence-corrected chi connectivity index (χ3v) is 2.65. The summed E-state index contributed by atoms with van der Waals surface area (Å²) in [6, 6.07) is 0. The zero-order valence-corrected chi connectivity index (χ0v) is 9.58. The predicted octanol–water partition coefficient (Wildman–Crippen LogP) is 1.77. The number of carbonyl (C=O) groups is 1. The highest BCUT2D eigenvalue weighted by molar-refractivity contribution is 5.85. The summed E-state index contributed by atoms with van der Waals surface area (Å²) in [6.45, 7) is 1.85. The fraction of sp³-hybridized carbons (Fsp3) is 0.700. The van der Waals surface area contributed by atoms with Crippen LogP contribution in [0.3, 0.4) is 0 Å². The number of halogens is 3. The smallest absolute Gasteiger partial charge is 0.396 e. The van der Waals surface area contributed by atoms with Crippen molar-refractivity contribution in [2.24, 2.45) is 0 Å².